The smallest absolute Gasteiger partial charge is 0.414 e. The molecule has 0 bridgehead atoms. The van der Waals surface area contributed by atoms with Crippen LogP contribution >= 0.6 is 0 Å². The monoisotopic (exact) mass is 481 g/mol. The number of carboxylic acid groups (broad SMARTS) is 2. The Morgan fingerprint density at radius 1 is 0.939 bits per heavy atom. The van der Waals surface area contributed by atoms with Gasteiger partial charge in [0.15, 0.2) is 0 Å². The molecule has 0 atom stereocenters. The topological polar surface area (TPSA) is 144 Å². The first-order valence-corrected chi connectivity index (χ1v) is 11.2. The quantitative estimate of drug-likeness (QED) is 0.544. The van der Waals surface area contributed by atoms with E-state index in [1.54, 1.807) is 30.3 Å². The second-order valence-electron chi connectivity index (χ2n) is 7.09. The first-order valence-electron chi connectivity index (χ1n) is 9.80. The van der Waals surface area contributed by atoms with Crippen LogP contribution in [0.25, 0.3) is 0 Å². The van der Waals surface area contributed by atoms with Gasteiger partial charge < -0.3 is 15.5 Å². The maximum absolute atomic E-state index is 13.8. The number of hydrogen-bond donors (Lipinski definition) is 3. The van der Waals surface area contributed by atoms with Crippen LogP contribution in [0.4, 0.5) is 10.1 Å². The van der Waals surface area contributed by atoms with E-state index >= 15 is 0 Å². The van der Waals surface area contributed by atoms with E-state index in [9.17, 15) is 17.6 Å². The van der Waals surface area contributed by atoms with E-state index in [2.05, 4.69) is 5.32 Å². The lowest BCUT2D eigenvalue weighted by molar-refractivity contribution is -0.159. The van der Waals surface area contributed by atoms with Gasteiger partial charge in [0.05, 0.1) is 4.90 Å². The number of carboxylic acids is 2. The number of carbonyl (C=O) groups is 3. The minimum atomic E-state index is -3.59. The second-order valence-corrected chi connectivity index (χ2v) is 9.03. The summed E-state index contributed by atoms with van der Waals surface area (Å²) in [5, 5.41) is 17.4. The standard InChI is InChI=1S/C19H22FN3O3S.C2H2O4/c1-15(24)21-17-6-8-18(9-7-17)27(25,26)23-12-10-22(11-13-23)14-16-4-2-3-5-19(16)20;3-1(4)2(5)6/h2-9H,10-14H2,1H3,(H,21,24);(H,3,4)(H,5,6). The first kappa shape index (κ1) is 25.9. The molecular weight excluding hydrogens is 457 g/mol. The number of halogens is 1. The molecule has 0 saturated carbocycles. The van der Waals surface area contributed by atoms with Gasteiger partial charge in [-0.25, -0.2) is 22.4 Å². The molecule has 178 valence electrons. The number of piperazine rings is 1. The number of hydrogen-bond acceptors (Lipinski definition) is 6. The highest BCUT2D eigenvalue weighted by molar-refractivity contribution is 7.89. The molecule has 1 aliphatic heterocycles. The highest BCUT2D eigenvalue weighted by Crippen LogP contribution is 2.21. The summed E-state index contributed by atoms with van der Waals surface area (Å²) in [5.74, 6) is -4.10. The number of aliphatic carboxylic acids is 2. The van der Waals surface area contributed by atoms with Crippen molar-refractivity contribution in [1.29, 1.82) is 0 Å². The van der Waals surface area contributed by atoms with E-state index in [-0.39, 0.29) is 16.6 Å². The average molecular weight is 482 g/mol. The summed E-state index contributed by atoms with van der Waals surface area (Å²) in [4.78, 5) is 31.5. The van der Waals surface area contributed by atoms with Crippen LogP contribution in [0.2, 0.25) is 0 Å². The van der Waals surface area contributed by atoms with Crippen LogP contribution < -0.4 is 5.32 Å². The maximum Gasteiger partial charge on any atom is 0.414 e. The van der Waals surface area contributed by atoms with E-state index in [0.29, 0.717) is 44.0 Å². The van der Waals surface area contributed by atoms with Crippen molar-refractivity contribution in [2.24, 2.45) is 0 Å². The fraction of sp³-hybridized carbons (Fsp3) is 0.286. The van der Waals surface area contributed by atoms with Gasteiger partial charge in [0.1, 0.15) is 5.82 Å². The molecule has 1 aliphatic rings. The van der Waals surface area contributed by atoms with Crippen LogP contribution in [-0.4, -0.2) is 71.9 Å². The Labute approximate surface area is 190 Å². The third-order valence-corrected chi connectivity index (χ3v) is 6.59. The van der Waals surface area contributed by atoms with Crippen LogP contribution in [0.1, 0.15) is 12.5 Å². The lowest BCUT2D eigenvalue weighted by atomic mass is 10.2. The molecule has 0 unspecified atom stereocenters. The van der Waals surface area contributed by atoms with Crippen molar-refractivity contribution in [3.05, 3.63) is 59.9 Å². The van der Waals surface area contributed by atoms with Crippen molar-refractivity contribution in [2.45, 2.75) is 18.4 Å². The Morgan fingerprint density at radius 3 is 1.97 bits per heavy atom. The van der Waals surface area contributed by atoms with E-state index in [0.717, 1.165) is 0 Å². The lowest BCUT2D eigenvalue weighted by Crippen LogP contribution is -2.48. The van der Waals surface area contributed by atoms with E-state index in [4.69, 9.17) is 19.8 Å². The summed E-state index contributed by atoms with van der Waals surface area (Å²) in [6, 6.07) is 12.8. The summed E-state index contributed by atoms with van der Waals surface area (Å²) in [5.41, 5.74) is 1.17. The molecule has 2 aromatic carbocycles. The number of rotatable bonds is 5. The van der Waals surface area contributed by atoms with Gasteiger partial charge in [-0.1, -0.05) is 18.2 Å². The van der Waals surface area contributed by atoms with Gasteiger partial charge in [-0.15, -0.1) is 0 Å². The van der Waals surface area contributed by atoms with Gasteiger partial charge in [0.2, 0.25) is 15.9 Å². The SMILES string of the molecule is CC(=O)Nc1ccc(S(=O)(=O)N2CCN(Cc3ccccc3F)CC2)cc1.O=C(O)C(=O)O. The van der Waals surface area contributed by atoms with Crippen LogP contribution in [0.3, 0.4) is 0 Å². The molecule has 1 amide bonds. The fourth-order valence-corrected chi connectivity index (χ4v) is 4.48. The van der Waals surface area contributed by atoms with Crippen molar-refractivity contribution in [3.8, 4) is 0 Å². The molecule has 1 fully saturated rings. The van der Waals surface area contributed by atoms with Crippen molar-refractivity contribution >= 4 is 33.6 Å². The summed E-state index contributed by atoms with van der Waals surface area (Å²) in [7, 11) is -3.59. The van der Waals surface area contributed by atoms with Crippen molar-refractivity contribution in [1.82, 2.24) is 9.21 Å². The molecular formula is C21H24FN3O7S. The molecule has 1 saturated heterocycles. The number of benzene rings is 2. The third-order valence-electron chi connectivity index (χ3n) is 4.68. The summed E-state index contributed by atoms with van der Waals surface area (Å²) < 4.78 is 40.8. The van der Waals surface area contributed by atoms with Gasteiger partial charge in [0.25, 0.3) is 0 Å². The van der Waals surface area contributed by atoms with E-state index in [1.165, 1.54) is 29.4 Å². The Kier molecular flexibility index (Phi) is 9.02. The largest absolute Gasteiger partial charge is 0.473 e. The van der Waals surface area contributed by atoms with Crippen molar-refractivity contribution in [3.63, 3.8) is 0 Å². The molecule has 10 nitrogen and oxygen atoms in total. The molecule has 0 spiro atoms. The Hall–Kier alpha value is -3.35. The highest BCUT2D eigenvalue weighted by atomic mass is 32.2. The molecule has 0 aliphatic carbocycles. The number of nitrogens with zero attached hydrogens (tertiary/aromatic N) is 2. The molecule has 1 heterocycles. The third kappa shape index (κ3) is 7.63. The van der Waals surface area contributed by atoms with Gasteiger partial charge >= 0.3 is 11.9 Å². The zero-order valence-corrected chi connectivity index (χ0v) is 18.6. The zero-order valence-electron chi connectivity index (χ0n) is 17.8. The molecule has 33 heavy (non-hydrogen) atoms. The Balaban J connectivity index is 0.000000569. The zero-order chi connectivity index (χ0) is 24.6. The Morgan fingerprint density at radius 2 is 1.48 bits per heavy atom. The molecule has 0 aromatic heterocycles. The number of amides is 1. The number of carbonyl (C=O) groups excluding carboxylic acids is 1. The van der Waals surface area contributed by atoms with Gasteiger partial charge in [-0.05, 0) is 30.3 Å². The number of sulfonamides is 1. The molecule has 0 radical (unpaired) electrons. The van der Waals surface area contributed by atoms with Gasteiger partial charge in [-0.3, -0.25) is 9.69 Å². The lowest BCUT2D eigenvalue weighted by Gasteiger charge is -2.34. The van der Waals surface area contributed by atoms with Crippen LogP contribution in [0, 0.1) is 5.82 Å². The summed E-state index contributed by atoms with van der Waals surface area (Å²) in [6.45, 7) is 3.64. The van der Waals surface area contributed by atoms with Crippen molar-refractivity contribution < 1.29 is 37.4 Å². The van der Waals surface area contributed by atoms with E-state index in [1.807, 2.05) is 4.90 Å². The minimum absolute atomic E-state index is 0.194. The summed E-state index contributed by atoms with van der Waals surface area (Å²) >= 11 is 0. The molecule has 3 rings (SSSR count). The highest BCUT2D eigenvalue weighted by Gasteiger charge is 2.28. The second kappa shape index (κ2) is 11.5. The van der Waals surface area contributed by atoms with E-state index < -0.39 is 22.0 Å². The van der Waals surface area contributed by atoms with Crippen LogP contribution in [0.15, 0.2) is 53.4 Å². The Bertz CT molecular complexity index is 1090. The molecule has 2 aromatic rings. The van der Waals surface area contributed by atoms with Crippen molar-refractivity contribution in [2.75, 3.05) is 31.5 Å². The maximum atomic E-state index is 13.8. The van der Waals surface area contributed by atoms with Gasteiger partial charge in [0, 0.05) is 50.9 Å². The normalized spacial score (nSPS) is 14.6. The van der Waals surface area contributed by atoms with Crippen LogP contribution in [0.5, 0.6) is 0 Å². The van der Waals surface area contributed by atoms with Crippen LogP contribution in [-0.2, 0) is 31.0 Å². The number of anilines is 1. The molecule has 12 heteroatoms. The average Bonchev–Trinajstić information content (AvgIpc) is 2.76. The summed E-state index contributed by atoms with van der Waals surface area (Å²) in [6.07, 6.45) is 0. The fourth-order valence-electron chi connectivity index (χ4n) is 3.06. The molecule has 3 N–H and O–H groups in total. The number of nitrogens with one attached hydrogen (secondary N) is 1. The predicted molar refractivity (Wildman–Crippen MR) is 116 cm³/mol. The minimum Gasteiger partial charge on any atom is -0.473 e. The first-order chi connectivity index (χ1) is 15.5. The predicted octanol–water partition coefficient (Wildman–Crippen LogP) is 1.45. The van der Waals surface area contributed by atoms with Gasteiger partial charge in [-0.2, -0.15) is 4.31 Å².